The lowest BCUT2D eigenvalue weighted by Crippen LogP contribution is -2.49. The van der Waals surface area contributed by atoms with Gasteiger partial charge in [0.25, 0.3) is 0 Å². The lowest BCUT2D eigenvalue weighted by Gasteiger charge is -2.37. The molecular formula is C18H17N3O2S2. The Hall–Kier alpha value is -2.12. The molecule has 7 heteroatoms. The number of thioether (sulfide) groups is 1. The number of hydrogen-bond acceptors (Lipinski definition) is 6. The number of rotatable bonds is 6. The first-order valence-corrected chi connectivity index (χ1v) is 10.1. The van der Waals surface area contributed by atoms with Crippen LogP contribution in [0.3, 0.4) is 0 Å². The summed E-state index contributed by atoms with van der Waals surface area (Å²) in [5.41, 5.74) is 2.22. The summed E-state index contributed by atoms with van der Waals surface area (Å²) in [5, 5.41) is 8.01. The molecule has 0 unspecified atom stereocenters. The van der Waals surface area contributed by atoms with Crippen molar-refractivity contribution in [2.75, 3.05) is 18.8 Å². The molecule has 5 nitrogen and oxygen atoms in total. The highest BCUT2D eigenvalue weighted by molar-refractivity contribution is 7.99. The van der Waals surface area contributed by atoms with E-state index >= 15 is 0 Å². The predicted molar refractivity (Wildman–Crippen MR) is 99.5 cm³/mol. The monoisotopic (exact) mass is 371 g/mol. The van der Waals surface area contributed by atoms with Gasteiger partial charge in [-0.25, -0.2) is 0 Å². The Bertz CT molecular complexity index is 827. The topological polar surface area (TPSA) is 59.2 Å². The number of hydrogen-bond donors (Lipinski definition) is 0. The summed E-state index contributed by atoms with van der Waals surface area (Å²) >= 11 is 3.26. The number of aromatic nitrogens is 2. The third-order valence-corrected chi connectivity index (χ3v) is 5.81. The minimum atomic E-state index is 0.156. The summed E-state index contributed by atoms with van der Waals surface area (Å²) in [5.74, 6) is 2.95. The lowest BCUT2D eigenvalue weighted by molar-refractivity contribution is -0.133. The van der Waals surface area contributed by atoms with Crippen molar-refractivity contribution < 1.29 is 9.32 Å². The molecule has 0 saturated carbocycles. The molecule has 1 saturated heterocycles. The Morgan fingerprint density at radius 2 is 2.12 bits per heavy atom. The van der Waals surface area contributed by atoms with E-state index in [-0.39, 0.29) is 11.8 Å². The molecule has 0 spiro atoms. The van der Waals surface area contributed by atoms with Gasteiger partial charge < -0.3 is 9.42 Å². The smallest absolute Gasteiger partial charge is 0.233 e. The van der Waals surface area contributed by atoms with Crippen molar-refractivity contribution in [3.05, 3.63) is 58.6 Å². The maximum absolute atomic E-state index is 12.2. The second-order valence-electron chi connectivity index (χ2n) is 5.94. The van der Waals surface area contributed by atoms with Crippen LogP contribution in [0.25, 0.3) is 11.4 Å². The van der Waals surface area contributed by atoms with Crippen LogP contribution in [-0.2, 0) is 10.5 Å². The molecule has 1 fully saturated rings. The molecule has 128 valence electrons. The van der Waals surface area contributed by atoms with E-state index in [4.69, 9.17) is 4.52 Å². The third kappa shape index (κ3) is 3.77. The van der Waals surface area contributed by atoms with Crippen LogP contribution >= 0.6 is 23.1 Å². The number of carbonyl (C=O) groups is 1. The SMILES string of the molecule is O=C(CSCc1ccccc1)N1CC(c2nc(-c3ccsc3)no2)C1. The molecule has 2 aromatic heterocycles. The van der Waals surface area contributed by atoms with Gasteiger partial charge >= 0.3 is 0 Å². The predicted octanol–water partition coefficient (Wildman–Crippen LogP) is 3.66. The van der Waals surface area contributed by atoms with E-state index in [9.17, 15) is 4.79 Å². The van der Waals surface area contributed by atoms with Gasteiger partial charge in [0.2, 0.25) is 17.6 Å². The van der Waals surface area contributed by atoms with Crippen molar-refractivity contribution in [3.63, 3.8) is 0 Å². The highest BCUT2D eigenvalue weighted by Crippen LogP contribution is 2.28. The van der Waals surface area contributed by atoms with Gasteiger partial charge in [0, 0.05) is 29.8 Å². The molecule has 0 N–H and O–H groups in total. The Kier molecular flexibility index (Phi) is 4.85. The van der Waals surface area contributed by atoms with E-state index in [1.807, 2.05) is 39.9 Å². The Balaban J connectivity index is 1.24. The highest BCUT2D eigenvalue weighted by Gasteiger charge is 2.35. The quantitative estimate of drug-likeness (QED) is 0.662. The Morgan fingerprint density at radius 3 is 2.88 bits per heavy atom. The van der Waals surface area contributed by atoms with E-state index in [0.29, 0.717) is 30.6 Å². The van der Waals surface area contributed by atoms with Crippen LogP contribution < -0.4 is 0 Å². The molecule has 3 aromatic rings. The van der Waals surface area contributed by atoms with E-state index in [1.54, 1.807) is 23.1 Å². The summed E-state index contributed by atoms with van der Waals surface area (Å²) in [7, 11) is 0. The van der Waals surface area contributed by atoms with Crippen LogP contribution in [0.4, 0.5) is 0 Å². The molecule has 1 aliphatic heterocycles. The zero-order valence-electron chi connectivity index (χ0n) is 13.5. The summed E-state index contributed by atoms with van der Waals surface area (Å²) < 4.78 is 5.36. The zero-order valence-corrected chi connectivity index (χ0v) is 15.1. The number of likely N-dealkylation sites (tertiary alicyclic amines) is 1. The van der Waals surface area contributed by atoms with Crippen LogP contribution in [-0.4, -0.2) is 39.8 Å². The average Bonchev–Trinajstić information content (AvgIpc) is 3.26. The van der Waals surface area contributed by atoms with Crippen LogP contribution in [0.5, 0.6) is 0 Å². The molecule has 0 radical (unpaired) electrons. The molecule has 1 aliphatic rings. The van der Waals surface area contributed by atoms with Crippen LogP contribution in [0.2, 0.25) is 0 Å². The molecule has 1 amide bonds. The van der Waals surface area contributed by atoms with E-state index in [0.717, 1.165) is 11.3 Å². The first-order chi connectivity index (χ1) is 12.3. The molecule has 0 atom stereocenters. The van der Waals surface area contributed by atoms with Crippen molar-refractivity contribution >= 4 is 29.0 Å². The Morgan fingerprint density at radius 1 is 1.28 bits per heavy atom. The van der Waals surface area contributed by atoms with Crippen molar-refractivity contribution in [2.45, 2.75) is 11.7 Å². The van der Waals surface area contributed by atoms with Crippen molar-refractivity contribution in [2.24, 2.45) is 0 Å². The van der Waals surface area contributed by atoms with Crippen LogP contribution in [0.15, 0.2) is 51.7 Å². The summed E-state index contributed by atoms with van der Waals surface area (Å²) in [6.07, 6.45) is 0. The van der Waals surface area contributed by atoms with Crippen molar-refractivity contribution in [1.29, 1.82) is 0 Å². The normalized spacial score (nSPS) is 14.5. The molecule has 1 aromatic carbocycles. The minimum Gasteiger partial charge on any atom is -0.340 e. The number of benzene rings is 1. The molecular weight excluding hydrogens is 354 g/mol. The summed E-state index contributed by atoms with van der Waals surface area (Å²) in [6.45, 7) is 1.33. The number of amides is 1. The summed E-state index contributed by atoms with van der Waals surface area (Å²) in [4.78, 5) is 18.5. The second kappa shape index (κ2) is 7.41. The Labute approximate surface area is 154 Å². The molecule has 3 heterocycles. The van der Waals surface area contributed by atoms with Crippen molar-refractivity contribution in [3.8, 4) is 11.4 Å². The van der Waals surface area contributed by atoms with Crippen LogP contribution in [0.1, 0.15) is 17.4 Å². The zero-order chi connectivity index (χ0) is 17.1. The second-order valence-corrected chi connectivity index (χ2v) is 7.71. The molecule has 0 bridgehead atoms. The molecule has 25 heavy (non-hydrogen) atoms. The van der Waals surface area contributed by atoms with E-state index in [1.165, 1.54) is 5.56 Å². The van der Waals surface area contributed by atoms with Crippen LogP contribution in [0, 0.1) is 0 Å². The number of nitrogens with zero attached hydrogens (tertiary/aromatic N) is 3. The maximum atomic E-state index is 12.2. The first-order valence-electron chi connectivity index (χ1n) is 8.05. The average molecular weight is 371 g/mol. The van der Waals surface area contributed by atoms with Gasteiger partial charge in [0.05, 0.1) is 11.7 Å². The van der Waals surface area contributed by atoms with Gasteiger partial charge in [-0.2, -0.15) is 16.3 Å². The number of thiophene rings is 1. The molecule has 0 aliphatic carbocycles. The van der Waals surface area contributed by atoms with Crippen molar-refractivity contribution in [1.82, 2.24) is 15.0 Å². The van der Waals surface area contributed by atoms with E-state index < -0.39 is 0 Å². The first kappa shape index (κ1) is 16.4. The van der Waals surface area contributed by atoms with Gasteiger partial charge in [-0.1, -0.05) is 35.5 Å². The summed E-state index contributed by atoms with van der Waals surface area (Å²) in [6, 6.07) is 12.2. The van der Waals surface area contributed by atoms with Gasteiger partial charge in [0.15, 0.2) is 0 Å². The molecule has 4 rings (SSSR count). The van der Waals surface area contributed by atoms with Gasteiger partial charge in [-0.3, -0.25) is 4.79 Å². The fraction of sp³-hybridized carbons (Fsp3) is 0.278. The lowest BCUT2D eigenvalue weighted by atomic mass is 10.0. The standard InChI is InChI=1S/C18H17N3O2S2/c22-16(12-25-10-13-4-2-1-3-5-13)21-8-15(9-21)18-19-17(20-23-18)14-6-7-24-11-14/h1-7,11,15H,8-10,12H2. The van der Waals surface area contributed by atoms with E-state index in [2.05, 4.69) is 22.3 Å². The fourth-order valence-electron chi connectivity index (χ4n) is 2.67. The van der Waals surface area contributed by atoms with Gasteiger partial charge in [0.1, 0.15) is 0 Å². The fourth-order valence-corrected chi connectivity index (χ4v) is 4.19. The largest absolute Gasteiger partial charge is 0.340 e. The third-order valence-electron chi connectivity index (χ3n) is 4.14. The highest BCUT2D eigenvalue weighted by atomic mass is 32.2. The minimum absolute atomic E-state index is 0.156. The maximum Gasteiger partial charge on any atom is 0.233 e. The van der Waals surface area contributed by atoms with Gasteiger partial charge in [-0.15, -0.1) is 11.8 Å². The van der Waals surface area contributed by atoms with Gasteiger partial charge in [-0.05, 0) is 17.0 Å². The number of carbonyl (C=O) groups excluding carboxylic acids is 1.